The second-order valence-electron chi connectivity index (χ2n) is 2.07. The van der Waals surface area contributed by atoms with E-state index in [0.29, 0.717) is 0 Å². The smallest absolute Gasteiger partial charge is 0.397 e. The normalized spacial score (nSPS) is 11.7. The molecule has 2 N–H and O–H groups in total. The van der Waals surface area contributed by atoms with Gasteiger partial charge in [0.05, 0.1) is 5.69 Å². The van der Waals surface area contributed by atoms with Crippen molar-refractivity contribution in [3.63, 3.8) is 0 Å². The lowest BCUT2D eigenvalue weighted by Gasteiger charge is -2.07. The van der Waals surface area contributed by atoms with E-state index in [0.717, 1.165) is 0 Å². The molecule has 1 heterocycles. The van der Waals surface area contributed by atoms with Crippen LogP contribution in [0.15, 0.2) is 12.1 Å². The monoisotopic (exact) mass is 288 g/mol. The fourth-order valence-corrected chi connectivity index (χ4v) is 1.09. The maximum Gasteiger partial charge on any atom is 0.435 e. The van der Waals surface area contributed by atoms with Gasteiger partial charge >= 0.3 is 6.18 Å². The van der Waals surface area contributed by atoms with Crippen LogP contribution in [0.25, 0.3) is 0 Å². The van der Waals surface area contributed by atoms with Crippen molar-refractivity contribution in [2.75, 3.05) is 5.73 Å². The standard InChI is InChI=1S/C6H4F3IN2/c7-6(8,9)5-3(11)1-2-4(10)12-5/h1-2H,11H2. The minimum absolute atomic E-state index is 0.272. The van der Waals surface area contributed by atoms with Crippen LogP contribution in [0.4, 0.5) is 18.9 Å². The fraction of sp³-hybridized carbons (Fsp3) is 0.167. The second-order valence-corrected chi connectivity index (χ2v) is 3.17. The molecule has 12 heavy (non-hydrogen) atoms. The number of hydrogen-bond donors (Lipinski definition) is 1. The van der Waals surface area contributed by atoms with Crippen molar-refractivity contribution >= 4 is 28.3 Å². The average Bonchev–Trinajstić information content (AvgIpc) is 1.92. The summed E-state index contributed by atoms with van der Waals surface area (Å²) in [6.07, 6.45) is -4.47. The highest BCUT2D eigenvalue weighted by Gasteiger charge is 2.34. The zero-order chi connectivity index (χ0) is 9.35. The SMILES string of the molecule is Nc1ccc(I)nc1C(F)(F)F. The van der Waals surface area contributed by atoms with E-state index in [-0.39, 0.29) is 9.39 Å². The highest BCUT2D eigenvalue weighted by Crippen LogP contribution is 2.31. The van der Waals surface area contributed by atoms with Crippen LogP contribution in [-0.4, -0.2) is 4.98 Å². The van der Waals surface area contributed by atoms with E-state index in [2.05, 4.69) is 4.98 Å². The number of halogens is 4. The predicted octanol–water partition coefficient (Wildman–Crippen LogP) is 2.29. The van der Waals surface area contributed by atoms with Crippen molar-refractivity contribution in [1.82, 2.24) is 4.98 Å². The Kier molecular flexibility index (Phi) is 2.45. The number of aromatic nitrogens is 1. The third-order valence-electron chi connectivity index (χ3n) is 1.16. The van der Waals surface area contributed by atoms with Crippen LogP contribution in [0.2, 0.25) is 0 Å². The topological polar surface area (TPSA) is 38.9 Å². The molecule has 0 atom stereocenters. The third kappa shape index (κ3) is 1.99. The lowest BCUT2D eigenvalue weighted by Crippen LogP contribution is -2.12. The van der Waals surface area contributed by atoms with Crippen molar-refractivity contribution in [2.24, 2.45) is 0 Å². The van der Waals surface area contributed by atoms with Crippen LogP contribution in [0.1, 0.15) is 5.69 Å². The molecule has 0 saturated heterocycles. The molecule has 0 unspecified atom stereocenters. The molecule has 0 bridgehead atoms. The molecule has 0 amide bonds. The van der Waals surface area contributed by atoms with E-state index in [1.165, 1.54) is 12.1 Å². The molecular weight excluding hydrogens is 284 g/mol. The van der Waals surface area contributed by atoms with Crippen molar-refractivity contribution < 1.29 is 13.2 Å². The molecule has 0 saturated carbocycles. The number of rotatable bonds is 0. The van der Waals surface area contributed by atoms with E-state index < -0.39 is 11.9 Å². The van der Waals surface area contributed by atoms with E-state index in [1.54, 1.807) is 22.6 Å². The first-order valence-corrected chi connectivity index (χ1v) is 3.98. The van der Waals surface area contributed by atoms with E-state index >= 15 is 0 Å². The highest BCUT2D eigenvalue weighted by atomic mass is 127. The van der Waals surface area contributed by atoms with E-state index in [1.807, 2.05) is 0 Å². The summed E-state index contributed by atoms with van der Waals surface area (Å²) in [6.45, 7) is 0. The molecule has 6 heteroatoms. The third-order valence-corrected chi connectivity index (χ3v) is 1.76. The molecule has 0 spiro atoms. The van der Waals surface area contributed by atoms with Crippen LogP contribution in [-0.2, 0) is 6.18 Å². The molecular formula is C6H4F3IN2. The van der Waals surface area contributed by atoms with Crippen LogP contribution < -0.4 is 5.73 Å². The zero-order valence-corrected chi connectivity index (χ0v) is 7.85. The van der Waals surface area contributed by atoms with Gasteiger partial charge in [0.1, 0.15) is 3.70 Å². The van der Waals surface area contributed by atoms with Crippen LogP contribution in [0.3, 0.4) is 0 Å². The Morgan fingerprint density at radius 3 is 2.33 bits per heavy atom. The number of nitrogens with two attached hydrogens (primary N) is 1. The molecule has 1 aromatic heterocycles. The van der Waals surface area contributed by atoms with Crippen molar-refractivity contribution in [1.29, 1.82) is 0 Å². The van der Waals surface area contributed by atoms with Crippen LogP contribution in [0.5, 0.6) is 0 Å². The van der Waals surface area contributed by atoms with Crippen molar-refractivity contribution in [3.05, 3.63) is 21.5 Å². The molecule has 0 aliphatic heterocycles. The first-order chi connectivity index (χ1) is 5.41. The average molecular weight is 288 g/mol. The molecule has 0 radical (unpaired) electrons. The summed E-state index contributed by atoms with van der Waals surface area (Å²) in [5.74, 6) is 0. The summed E-state index contributed by atoms with van der Waals surface area (Å²) in [5.41, 5.74) is 3.73. The summed E-state index contributed by atoms with van der Waals surface area (Å²) >= 11 is 1.70. The number of alkyl halides is 3. The molecule has 0 fully saturated rings. The minimum Gasteiger partial charge on any atom is -0.397 e. The van der Waals surface area contributed by atoms with Crippen molar-refractivity contribution in [2.45, 2.75) is 6.18 Å². The summed E-state index contributed by atoms with van der Waals surface area (Å²) < 4.78 is 36.5. The number of pyridine rings is 1. The predicted molar refractivity (Wildman–Crippen MR) is 46.4 cm³/mol. The first kappa shape index (κ1) is 9.56. The Bertz CT molecular complexity index is 297. The second kappa shape index (κ2) is 3.08. The van der Waals surface area contributed by atoms with Gasteiger partial charge in [-0.2, -0.15) is 13.2 Å². The molecule has 0 aromatic carbocycles. The summed E-state index contributed by atoms with van der Waals surface area (Å²) in [6, 6.07) is 2.61. The summed E-state index contributed by atoms with van der Waals surface area (Å²) in [4.78, 5) is 3.28. The largest absolute Gasteiger partial charge is 0.435 e. The van der Waals surface area contributed by atoms with Gasteiger partial charge < -0.3 is 5.73 Å². The number of nitrogens with zero attached hydrogens (tertiary/aromatic N) is 1. The molecule has 2 nitrogen and oxygen atoms in total. The number of nitrogen functional groups attached to an aromatic ring is 1. The fourth-order valence-electron chi connectivity index (χ4n) is 0.673. The Hall–Kier alpha value is -0.530. The van der Waals surface area contributed by atoms with Gasteiger partial charge in [0, 0.05) is 0 Å². The molecule has 1 rings (SSSR count). The molecule has 0 aliphatic rings. The van der Waals surface area contributed by atoms with Gasteiger partial charge in [-0.1, -0.05) is 0 Å². The molecule has 66 valence electrons. The van der Waals surface area contributed by atoms with Crippen LogP contribution >= 0.6 is 22.6 Å². The Balaban J connectivity index is 3.23. The highest BCUT2D eigenvalue weighted by molar-refractivity contribution is 14.1. The van der Waals surface area contributed by atoms with Gasteiger partial charge in [0.25, 0.3) is 0 Å². The van der Waals surface area contributed by atoms with Gasteiger partial charge in [0.2, 0.25) is 0 Å². The lowest BCUT2D eigenvalue weighted by molar-refractivity contribution is -0.140. The first-order valence-electron chi connectivity index (χ1n) is 2.90. The minimum atomic E-state index is -4.47. The summed E-state index contributed by atoms with van der Waals surface area (Å²) in [5, 5.41) is 0. The number of anilines is 1. The van der Waals surface area contributed by atoms with Gasteiger partial charge in [0.15, 0.2) is 5.69 Å². The maximum atomic E-state index is 12.1. The zero-order valence-electron chi connectivity index (χ0n) is 5.69. The maximum absolute atomic E-state index is 12.1. The van der Waals surface area contributed by atoms with E-state index in [4.69, 9.17) is 5.73 Å². The van der Waals surface area contributed by atoms with Gasteiger partial charge in [-0.05, 0) is 34.7 Å². The Morgan fingerprint density at radius 2 is 1.92 bits per heavy atom. The molecule has 1 aromatic rings. The van der Waals surface area contributed by atoms with Gasteiger partial charge in [-0.25, -0.2) is 4.98 Å². The Labute approximate surface area is 80.1 Å². The molecule has 0 aliphatic carbocycles. The van der Waals surface area contributed by atoms with Gasteiger partial charge in [-0.15, -0.1) is 0 Å². The quantitative estimate of drug-likeness (QED) is 0.587. The Morgan fingerprint density at radius 1 is 1.33 bits per heavy atom. The van der Waals surface area contributed by atoms with E-state index in [9.17, 15) is 13.2 Å². The summed E-state index contributed by atoms with van der Waals surface area (Å²) in [7, 11) is 0. The van der Waals surface area contributed by atoms with Crippen molar-refractivity contribution in [3.8, 4) is 0 Å². The van der Waals surface area contributed by atoms with Crippen LogP contribution in [0, 0.1) is 3.70 Å². The lowest BCUT2D eigenvalue weighted by atomic mass is 10.3. The number of hydrogen-bond acceptors (Lipinski definition) is 2. The van der Waals surface area contributed by atoms with Gasteiger partial charge in [-0.3, -0.25) is 0 Å².